The molecule has 14 heavy (non-hydrogen) atoms. The molecule has 0 spiro atoms. The zero-order valence-corrected chi connectivity index (χ0v) is 9.60. The molecule has 0 atom stereocenters. The van der Waals surface area contributed by atoms with Gasteiger partial charge in [0.1, 0.15) is 0 Å². The topological polar surface area (TPSA) is 3.24 Å². The Morgan fingerprint density at radius 3 is 2.36 bits per heavy atom. The summed E-state index contributed by atoms with van der Waals surface area (Å²) in [5.74, 6) is 0. The van der Waals surface area contributed by atoms with E-state index >= 15 is 0 Å². The van der Waals surface area contributed by atoms with Crippen LogP contribution in [0.15, 0.2) is 35.6 Å². The molecule has 0 saturated heterocycles. The van der Waals surface area contributed by atoms with E-state index < -0.39 is 0 Å². The Labute approximate surface area is 86.5 Å². The highest BCUT2D eigenvalue weighted by molar-refractivity contribution is 5.37. The van der Waals surface area contributed by atoms with Crippen LogP contribution >= 0.6 is 0 Å². The van der Waals surface area contributed by atoms with Gasteiger partial charge in [-0.3, -0.25) is 0 Å². The SMILES string of the molecule is C=C(C(/C=C(\C)CC)=C/CC)N(C)F. The van der Waals surface area contributed by atoms with E-state index in [9.17, 15) is 4.48 Å². The summed E-state index contributed by atoms with van der Waals surface area (Å²) in [6.07, 6.45) is 5.83. The van der Waals surface area contributed by atoms with Crippen molar-refractivity contribution in [3.8, 4) is 0 Å². The standard InChI is InChI=1S/C12H20FN/c1-6-8-12(9-10(3)7-2)11(4)14(5)13/h8-9H,4,6-7H2,1-3,5H3/b10-9+,12-8+. The summed E-state index contributed by atoms with van der Waals surface area (Å²) in [5, 5.41) is 0.556. The normalized spacial score (nSPS) is 12.9. The van der Waals surface area contributed by atoms with Gasteiger partial charge in [-0.25, -0.2) is 5.12 Å². The molecule has 0 fully saturated rings. The van der Waals surface area contributed by atoms with Crippen molar-refractivity contribution in [2.45, 2.75) is 33.6 Å². The molecule has 0 heterocycles. The minimum Gasteiger partial charge on any atom is -0.215 e. The zero-order valence-electron chi connectivity index (χ0n) is 9.60. The average molecular weight is 197 g/mol. The third-order valence-electron chi connectivity index (χ3n) is 2.09. The van der Waals surface area contributed by atoms with Crippen molar-refractivity contribution < 1.29 is 4.48 Å². The molecule has 0 rings (SSSR count). The van der Waals surface area contributed by atoms with Crippen molar-refractivity contribution in [2.24, 2.45) is 0 Å². The number of allylic oxidation sites excluding steroid dienone is 3. The maximum atomic E-state index is 12.9. The fourth-order valence-corrected chi connectivity index (χ4v) is 1.03. The highest BCUT2D eigenvalue weighted by Gasteiger charge is 2.04. The van der Waals surface area contributed by atoms with Gasteiger partial charge in [0.05, 0.1) is 5.70 Å². The molecule has 80 valence electrons. The highest BCUT2D eigenvalue weighted by atomic mass is 19.2. The molecule has 0 amide bonds. The fourth-order valence-electron chi connectivity index (χ4n) is 1.03. The van der Waals surface area contributed by atoms with Crippen LogP contribution in [0.3, 0.4) is 0 Å². The van der Waals surface area contributed by atoms with Crippen LogP contribution in [0.2, 0.25) is 0 Å². The minimum absolute atomic E-state index is 0.416. The van der Waals surface area contributed by atoms with Crippen molar-refractivity contribution in [1.82, 2.24) is 5.12 Å². The van der Waals surface area contributed by atoms with Gasteiger partial charge < -0.3 is 0 Å². The lowest BCUT2D eigenvalue weighted by atomic mass is 10.1. The maximum absolute atomic E-state index is 12.9. The molecule has 0 bridgehead atoms. The third kappa shape index (κ3) is 4.26. The van der Waals surface area contributed by atoms with E-state index in [0.717, 1.165) is 18.4 Å². The number of nitrogens with zero attached hydrogens (tertiary/aromatic N) is 1. The van der Waals surface area contributed by atoms with Crippen LogP contribution in [-0.2, 0) is 0 Å². The molecule has 0 aromatic rings. The van der Waals surface area contributed by atoms with Gasteiger partial charge in [0.15, 0.2) is 0 Å². The van der Waals surface area contributed by atoms with Gasteiger partial charge in [-0.1, -0.05) is 38.2 Å². The number of halogens is 1. The largest absolute Gasteiger partial charge is 0.215 e. The molecule has 0 unspecified atom stereocenters. The van der Waals surface area contributed by atoms with E-state index in [-0.39, 0.29) is 0 Å². The van der Waals surface area contributed by atoms with Crippen LogP contribution in [0, 0.1) is 0 Å². The fraction of sp³-hybridized carbons (Fsp3) is 0.500. The second-order valence-corrected chi connectivity index (χ2v) is 3.34. The first-order chi connectivity index (χ1) is 6.52. The third-order valence-corrected chi connectivity index (χ3v) is 2.09. The Balaban J connectivity index is 4.80. The second kappa shape index (κ2) is 6.41. The molecule has 0 aromatic carbocycles. The number of hydrogen-bond acceptors (Lipinski definition) is 1. The van der Waals surface area contributed by atoms with E-state index in [4.69, 9.17) is 0 Å². The van der Waals surface area contributed by atoms with E-state index in [1.165, 1.54) is 12.6 Å². The van der Waals surface area contributed by atoms with Crippen molar-refractivity contribution in [3.63, 3.8) is 0 Å². The van der Waals surface area contributed by atoms with Crippen LogP contribution in [0.5, 0.6) is 0 Å². The molecule has 0 aromatic heterocycles. The molecule has 2 heteroatoms. The average Bonchev–Trinajstić information content (AvgIpc) is 2.15. The van der Waals surface area contributed by atoms with Crippen molar-refractivity contribution in [3.05, 3.63) is 35.6 Å². The second-order valence-electron chi connectivity index (χ2n) is 3.34. The summed E-state index contributed by atoms with van der Waals surface area (Å²) in [6.45, 7) is 9.84. The molecule has 0 N–H and O–H groups in total. The van der Waals surface area contributed by atoms with Crippen molar-refractivity contribution in [1.29, 1.82) is 0 Å². The first kappa shape index (κ1) is 12.9. The number of likely N-dealkylation sites (N-methyl/N-ethyl adjacent to an activating group) is 1. The van der Waals surface area contributed by atoms with Crippen LogP contribution in [0.25, 0.3) is 0 Å². The van der Waals surface area contributed by atoms with E-state index in [1.54, 1.807) is 0 Å². The zero-order chi connectivity index (χ0) is 11.1. The molecule has 1 nitrogen and oxygen atoms in total. The lowest BCUT2D eigenvalue weighted by Gasteiger charge is -2.12. The van der Waals surface area contributed by atoms with Crippen LogP contribution in [-0.4, -0.2) is 12.2 Å². The Hall–Kier alpha value is -1.05. The predicted molar refractivity (Wildman–Crippen MR) is 60.4 cm³/mol. The molecule has 0 aliphatic heterocycles. The first-order valence-corrected chi connectivity index (χ1v) is 4.99. The monoisotopic (exact) mass is 197 g/mol. The Bertz CT molecular complexity index is 249. The summed E-state index contributed by atoms with van der Waals surface area (Å²) in [7, 11) is 1.36. The number of hydrogen-bond donors (Lipinski definition) is 0. The molecular formula is C12H20FN. The van der Waals surface area contributed by atoms with Crippen LogP contribution in [0.1, 0.15) is 33.6 Å². The highest BCUT2D eigenvalue weighted by Crippen LogP contribution is 2.17. The van der Waals surface area contributed by atoms with E-state index in [2.05, 4.69) is 13.5 Å². The number of rotatable bonds is 5. The Morgan fingerprint density at radius 1 is 1.43 bits per heavy atom. The quantitative estimate of drug-likeness (QED) is 0.475. The Kier molecular flexibility index (Phi) is 5.93. The van der Waals surface area contributed by atoms with Gasteiger partial charge in [0, 0.05) is 7.05 Å². The lowest BCUT2D eigenvalue weighted by Crippen LogP contribution is -2.06. The van der Waals surface area contributed by atoms with Crippen LogP contribution in [0.4, 0.5) is 4.48 Å². The van der Waals surface area contributed by atoms with Gasteiger partial charge >= 0.3 is 0 Å². The van der Waals surface area contributed by atoms with Gasteiger partial charge in [-0.05, 0) is 25.3 Å². The molecule has 0 aliphatic rings. The minimum atomic E-state index is 0.416. The predicted octanol–water partition coefficient (Wildman–Crippen LogP) is 4.01. The summed E-state index contributed by atoms with van der Waals surface area (Å²) in [4.78, 5) is 0. The van der Waals surface area contributed by atoms with Crippen molar-refractivity contribution in [2.75, 3.05) is 7.05 Å². The molecule has 0 radical (unpaired) electrons. The van der Waals surface area contributed by atoms with Crippen LogP contribution < -0.4 is 0 Å². The van der Waals surface area contributed by atoms with Gasteiger partial charge in [0.2, 0.25) is 0 Å². The Morgan fingerprint density at radius 2 is 2.00 bits per heavy atom. The summed E-state index contributed by atoms with van der Waals surface area (Å²) >= 11 is 0. The maximum Gasteiger partial charge on any atom is 0.0681 e. The van der Waals surface area contributed by atoms with E-state index in [1.807, 2.05) is 26.0 Å². The molecule has 0 aliphatic carbocycles. The van der Waals surface area contributed by atoms with Gasteiger partial charge in [0.25, 0.3) is 0 Å². The summed E-state index contributed by atoms with van der Waals surface area (Å²) in [5.41, 5.74) is 2.52. The van der Waals surface area contributed by atoms with E-state index in [0.29, 0.717) is 10.8 Å². The van der Waals surface area contributed by atoms with Gasteiger partial charge in [-0.15, -0.1) is 4.48 Å². The summed E-state index contributed by atoms with van der Waals surface area (Å²) in [6, 6.07) is 0. The lowest BCUT2D eigenvalue weighted by molar-refractivity contribution is 0.113. The molecule has 0 saturated carbocycles. The first-order valence-electron chi connectivity index (χ1n) is 4.99. The van der Waals surface area contributed by atoms with Crippen molar-refractivity contribution >= 4 is 0 Å². The summed E-state index contributed by atoms with van der Waals surface area (Å²) < 4.78 is 12.9. The smallest absolute Gasteiger partial charge is 0.0681 e. The molecular weight excluding hydrogens is 177 g/mol. The van der Waals surface area contributed by atoms with Gasteiger partial charge in [-0.2, -0.15) is 0 Å².